The van der Waals surface area contributed by atoms with Crippen molar-refractivity contribution in [2.75, 3.05) is 40.0 Å². The summed E-state index contributed by atoms with van der Waals surface area (Å²) in [6.07, 6.45) is 5.54. The Morgan fingerprint density at radius 2 is 1.89 bits per heavy atom. The molecular formula is C25H38N6O4. The van der Waals surface area contributed by atoms with E-state index in [0.29, 0.717) is 39.1 Å². The first-order valence-corrected chi connectivity index (χ1v) is 11.8. The van der Waals surface area contributed by atoms with Crippen LogP contribution in [0.25, 0.3) is 0 Å². The van der Waals surface area contributed by atoms with Crippen molar-refractivity contribution in [1.82, 2.24) is 20.1 Å². The summed E-state index contributed by atoms with van der Waals surface area (Å²) in [5, 5.41) is 12.1. The molecule has 0 radical (unpaired) electrons. The van der Waals surface area contributed by atoms with Crippen LogP contribution in [-0.4, -0.2) is 78.7 Å². The maximum Gasteiger partial charge on any atom is 0.413 e. The smallest absolute Gasteiger partial charge is 0.413 e. The number of morpholine rings is 1. The number of nitrogens with zero attached hydrogens (tertiary/aromatic N) is 5. The van der Waals surface area contributed by atoms with Gasteiger partial charge in [-0.15, -0.1) is 0 Å². The zero-order valence-electron chi connectivity index (χ0n) is 21.7. The Hall–Kier alpha value is -3.19. The van der Waals surface area contributed by atoms with Crippen LogP contribution < -0.4 is 5.32 Å². The molecule has 1 aromatic heterocycles. The second-order valence-electron chi connectivity index (χ2n) is 10.3. The van der Waals surface area contributed by atoms with E-state index in [1.54, 1.807) is 12.4 Å². The molecule has 35 heavy (non-hydrogen) atoms. The standard InChI is InChI=1S/C25H38N6O4/c1-24(2,3)25(4,5)17-20(21(32)30(6)18-26)28-22(31-12-15-34-16-13-31)29-23(33)35-14-9-19-7-10-27-11-8-19/h7-8,10-11,20H,9,12-17H2,1-6H3,(H,28,29,33). The molecule has 1 atom stereocenters. The minimum atomic E-state index is -0.858. The Bertz CT molecular complexity index is 914. The fourth-order valence-electron chi connectivity index (χ4n) is 3.30. The Balaban J connectivity index is 2.25. The van der Waals surface area contributed by atoms with E-state index in [0.717, 1.165) is 10.5 Å². The number of guanidine groups is 1. The first kappa shape index (κ1) is 28.1. The summed E-state index contributed by atoms with van der Waals surface area (Å²) in [6, 6.07) is 2.87. The highest BCUT2D eigenvalue weighted by Gasteiger charge is 2.38. The molecule has 10 nitrogen and oxygen atoms in total. The van der Waals surface area contributed by atoms with Crippen LogP contribution in [0, 0.1) is 22.3 Å². The topological polar surface area (TPSA) is 120 Å². The van der Waals surface area contributed by atoms with Gasteiger partial charge in [-0.05, 0) is 34.9 Å². The summed E-state index contributed by atoms with van der Waals surface area (Å²) < 4.78 is 10.8. The molecule has 0 saturated carbocycles. The molecule has 2 rings (SSSR count). The summed E-state index contributed by atoms with van der Waals surface area (Å²) in [5.74, 6) is -0.181. The number of ether oxygens (including phenoxy) is 2. The van der Waals surface area contributed by atoms with Gasteiger partial charge < -0.3 is 14.4 Å². The zero-order valence-corrected chi connectivity index (χ0v) is 21.7. The Kier molecular flexibility index (Phi) is 10.0. The van der Waals surface area contributed by atoms with E-state index < -0.39 is 18.0 Å². The fourth-order valence-corrected chi connectivity index (χ4v) is 3.30. The lowest BCUT2D eigenvalue weighted by molar-refractivity contribution is -0.129. The molecule has 1 aliphatic rings. The van der Waals surface area contributed by atoms with Crippen LogP contribution in [0.1, 0.15) is 46.6 Å². The third-order valence-electron chi connectivity index (χ3n) is 6.68. The molecule has 192 valence electrons. The van der Waals surface area contributed by atoms with Crippen LogP contribution in [0.2, 0.25) is 0 Å². The molecule has 1 saturated heterocycles. The van der Waals surface area contributed by atoms with E-state index in [-0.39, 0.29) is 23.4 Å². The molecule has 1 N–H and O–H groups in total. The Morgan fingerprint density at radius 3 is 2.46 bits per heavy atom. The van der Waals surface area contributed by atoms with Gasteiger partial charge in [-0.1, -0.05) is 34.6 Å². The number of pyridine rings is 1. The van der Waals surface area contributed by atoms with Crippen LogP contribution in [0.4, 0.5) is 4.79 Å². The van der Waals surface area contributed by atoms with Gasteiger partial charge in [0.05, 0.1) is 19.8 Å². The zero-order chi connectivity index (χ0) is 26.1. The van der Waals surface area contributed by atoms with E-state index in [1.165, 1.54) is 7.05 Å². The molecule has 1 unspecified atom stereocenters. The van der Waals surface area contributed by atoms with Crippen molar-refractivity contribution in [2.24, 2.45) is 15.8 Å². The molecule has 2 amide bonds. The van der Waals surface area contributed by atoms with Crippen molar-refractivity contribution in [3.05, 3.63) is 30.1 Å². The molecule has 0 spiro atoms. The number of carbonyl (C=O) groups excluding carboxylic acids is 2. The lowest BCUT2D eigenvalue weighted by atomic mass is 9.66. The van der Waals surface area contributed by atoms with Crippen molar-refractivity contribution >= 4 is 18.0 Å². The summed E-state index contributed by atoms with van der Waals surface area (Å²) >= 11 is 0. The number of aromatic nitrogens is 1. The number of hydrogen-bond donors (Lipinski definition) is 1. The molecule has 0 aliphatic carbocycles. The number of amides is 2. The number of nitrogens with one attached hydrogen (secondary N) is 1. The molecule has 1 aromatic rings. The predicted octanol–water partition coefficient (Wildman–Crippen LogP) is 2.81. The third kappa shape index (κ3) is 8.51. The number of alkyl carbamates (subject to hydrolysis) is 1. The first-order valence-electron chi connectivity index (χ1n) is 11.8. The Labute approximate surface area is 208 Å². The fraction of sp³-hybridized carbons (Fsp3) is 0.640. The summed E-state index contributed by atoms with van der Waals surface area (Å²) in [6.45, 7) is 12.6. The molecule has 2 heterocycles. The van der Waals surface area contributed by atoms with Gasteiger partial charge in [0.25, 0.3) is 5.91 Å². The van der Waals surface area contributed by atoms with E-state index in [9.17, 15) is 14.9 Å². The molecule has 0 bridgehead atoms. The van der Waals surface area contributed by atoms with Gasteiger partial charge in [0.2, 0.25) is 5.96 Å². The highest BCUT2D eigenvalue weighted by Crippen LogP contribution is 2.42. The van der Waals surface area contributed by atoms with E-state index in [1.807, 2.05) is 23.2 Å². The third-order valence-corrected chi connectivity index (χ3v) is 6.68. The van der Waals surface area contributed by atoms with Crippen LogP contribution >= 0.6 is 0 Å². The highest BCUT2D eigenvalue weighted by molar-refractivity contribution is 5.96. The number of rotatable bonds is 7. The van der Waals surface area contributed by atoms with Gasteiger partial charge >= 0.3 is 6.09 Å². The predicted molar refractivity (Wildman–Crippen MR) is 132 cm³/mol. The average molecular weight is 487 g/mol. The monoisotopic (exact) mass is 486 g/mol. The van der Waals surface area contributed by atoms with Gasteiger partial charge in [-0.25, -0.2) is 9.79 Å². The first-order chi connectivity index (χ1) is 16.4. The maximum atomic E-state index is 13.1. The van der Waals surface area contributed by atoms with Gasteiger partial charge in [-0.3, -0.25) is 20.0 Å². The van der Waals surface area contributed by atoms with Crippen LogP contribution in [0.3, 0.4) is 0 Å². The van der Waals surface area contributed by atoms with E-state index in [2.05, 4.69) is 44.9 Å². The number of nitriles is 1. The van der Waals surface area contributed by atoms with Crippen LogP contribution in [0.15, 0.2) is 29.5 Å². The number of aliphatic imine (C=N–C) groups is 1. The van der Waals surface area contributed by atoms with Crippen LogP contribution in [0.5, 0.6) is 0 Å². The molecule has 0 aromatic carbocycles. The van der Waals surface area contributed by atoms with Crippen molar-refractivity contribution in [1.29, 1.82) is 5.26 Å². The average Bonchev–Trinajstić information content (AvgIpc) is 2.82. The second kappa shape index (κ2) is 12.5. The number of hydrogen-bond acceptors (Lipinski definition) is 7. The molecule has 1 aliphatic heterocycles. The summed E-state index contributed by atoms with van der Waals surface area (Å²) in [4.78, 5) is 37.3. The van der Waals surface area contributed by atoms with E-state index >= 15 is 0 Å². The maximum absolute atomic E-state index is 13.1. The lowest BCUT2D eigenvalue weighted by Gasteiger charge is -2.40. The minimum absolute atomic E-state index is 0.120. The van der Waals surface area contributed by atoms with Crippen molar-refractivity contribution in [3.63, 3.8) is 0 Å². The lowest BCUT2D eigenvalue weighted by Crippen LogP contribution is -2.51. The summed E-state index contributed by atoms with van der Waals surface area (Å²) in [5.41, 5.74) is 0.600. The number of likely N-dealkylation sites (N-methyl/N-ethyl adjacent to an activating group) is 1. The van der Waals surface area contributed by atoms with Crippen molar-refractivity contribution in [2.45, 2.75) is 53.5 Å². The second-order valence-corrected chi connectivity index (χ2v) is 10.3. The van der Waals surface area contributed by atoms with Crippen molar-refractivity contribution < 1.29 is 19.1 Å². The van der Waals surface area contributed by atoms with Gasteiger partial charge in [-0.2, -0.15) is 5.26 Å². The Morgan fingerprint density at radius 1 is 1.26 bits per heavy atom. The largest absolute Gasteiger partial charge is 0.449 e. The highest BCUT2D eigenvalue weighted by atomic mass is 16.5. The molecular weight excluding hydrogens is 448 g/mol. The van der Waals surface area contributed by atoms with Crippen LogP contribution in [-0.2, 0) is 20.7 Å². The molecule has 10 heteroatoms. The summed E-state index contributed by atoms with van der Waals surface area (Å²) in [7, 11) is 1.42. The minimum Gasteiger partial charge on any atom is -0.449 e. The quantitative estimate of drug-likeness (QED) is 0.272. The normalized spacial score (nSPS) is 15.7. The molecule has 1 fully saturated rings. The van der Waals surface area contributed by atoms with Gasteiger partial charge in [0, 0.05) is 39.0 Å². The number of carbonyl (C=O) groups is 2. The van der Waals surface area contributed by atoms with Crippen molar-refractivity contribution in [3.8, 4) is 6.19 Å². The SMILES string of the molecule is CN(C#N)C(=O)C(CC(C)(C)C(C)(C)C)N=C(NC(=O)OCCc1ccncc1)N1CCOCC1. The van der Waals surface area contributed by atoms with Gasteiger partial charge in [0.1, 0.15) is 6.04 Å². The van der Waals surface area contributed by atoms with Gasteiger partial charge in [0.15, 0.2) is 6.19 Å². The van der Waals surface area contributed by atoms with E-state index in [4.69, 9.17) is 14.5 Å².